The van der Waals surface area contributed by atoms with Gasteiger partial charge in [-0.3, -0.25) is 4.79 Å². The maximum Gasteiger partial charge on any atom is 0.176 e. The molecule has 0 unspecified atom stereocenters. The minimum absolute atomic E-state index is 0.214. The molecule has 0 aromatic heterocycles. The number of methoxy groups -OCH3 is 1. The zero-order valence-electron chi connectivity index (χ0n) is 12.5. The van der Waals surface area contributed by atoms with Crippen LogP contribution in [-0.4, -0.2) is 34.3 Å². The molecule has 0 bridgehead atoms. The molecule has 2 aromatic rings. The summed E-state index contributed by atoms with van der Waals surface area (Å²) in [7, 11) is -1.94. The molecule has 116 valence electrons. The van der Waals surface area contributed by atoms with Crippen LogP contribution in [0.3, 0.4) is 0 Å². The first-order valence-electron chi connectivity index (χ1n) is 6.43. The Bertz CT molecular complexity index is 811. The first-order valence-corrected chi connectivity index (χ1v) is 9.54. The lowest BCUT2D eigenvalue weighted by Crippen LogP contribution is -2.02. The van der Waals surface area contributed by atoms with Crippen LogP contribution in [0.25, 0.3) is 11.1 Å². The van der Waals surface area contributed by atoms with Crippen LogP contribution in [0, 0.1) is 0 Å². The number of sulfone groups is 1. The van der Waals surface area contributed by atoms with E-state index >= 15 is 0 Å². The normalized spacial score (nSPS) is 11.2. The lowest BCUT2D eigenvalue weighted by molar-refractivity contribution is 0.112. The van der Waals surface area contributed by atoms with Crippen molar-refractivity contribution in [3.8, 4) is 16.9 Å². The van der Waals surface area contributed by atoms with Crippen LogP contribution in [0.4, 0.5) is 0 Å². The molecule has 0 fully saturated rings. The van der Waals surface area contributed by atoms with Gasteiger partial charge in [-0.2, -0.15) is 0 Å². The molecule has 2 aromatic carbocycles. The topological polar surface area (TPSA) is 60.4 Å². The van der Waals surface area contributed by atoms with Crippen LogP contribution < -0.4 is 4.74 Å². The summed E-state index contributed by atoms with van der Waals surface area (Å²) < 4.78 is 29.5. The van der Waals surface area contributed by atoms with E-state index in [0.29, 0.717) is 28.7 Å². The van der Waals surface area contributed by atoms with Crippen molar-refractivity contribution >= 4 is 27.9 Å². The minimum Gasteiger partial charge on any atom is -0.495 e. The molecule has 6 heteroatoms. The van der Waals surface area contributed by atoms with Gasteiger partial charge in [0.1, 0.15) is 5.75 Å². The summed E-state index contributed by atoms with van der Waals surface area (Å²) in [4.78, 5) is 12.3. The number of para-hydroxylation sites is 1. The Morgan fingerprint density at radius 2 is 1.86 bits per heavy atom. The molecule has 0 N–H and O–H groups in total. The van der Waals surface area contributed by atoms with E-state index in [0.717, 1.165) is 4.90 Å². The smallest absolute Gasteiger partial charge is 0.176 e. The third kappa shape index (κ3) is 3.18. The van der Waals surface area contributed by atoms with Crippen LogP contribution >= 0.6 is 11.8 Å². The molecular weight excluding hydrogens is 320 g/mol. The highest BCUT2D eigenvalue weighted by Gasteiger charge is 2.19. The Morgan fingerprint density at radius 1 is 1.14 bits per heavy atom. The van der Waals surface area contributed by atoms with E-state index in [1.807, 2.05) is 6.26 Å². The Balaban J connectivity index is 2.84. The molecule has 0 saturated carbocycles. The zero-order valence-corrected chi connectivity index (χ0v) is 14.1. The van der Waals surface area contributed by atoms with E-state index in [2.05, 4.69) is 0 Å². The van der Waals surface area contributed by atoms with Gasteiger partial charge in [0.25, 0.3) is 0 Å². The summed E-state index contributed by atoms with van der Waals surface area (Å²) in [6.45, 7) is 0. The van der Waals surface area contributed by atoms with Crippen LogP contribution in [0.5, 0.6) is 5.75 Å². The van der Waals surface area contributed by atoms with Gasteiger partial charge < -0.3 is 4.74 Å². The summed E-state index contributed by atoms with van der Waals surface area (Å²) in [5, 5.41) is 0. The SMILES string of the molecule is COc1c(C=O)cccc1-c1cc(SC)ccc1S(C)(=O)=O. The van der Waals surface area contributed by atoms with Gasteiger partial charge in [-0.15, -0.1) is 11.8 Å². The van der Waals surface area contributed by atoms with E-state index in [9.17, 15) is 13.2 Å². The number of ether oxygens (including phenoxy) is 1. The van der Waals surface area contributed by atoms with Crippen LogP contribution in [-0.2, 0) is 9.84 Å². The van der Waals surface area contributed by atoms with Crippen molar-refractivity contribution in [3.05, 3.63) is 42.0 Å². The lowest BCUT2D eigenvalue weighted by Gasteiger charge is -2.14. The van der Waals surface area contributed by atoms with Crippen molar-refractivity contribution in [2.45, 2.75) is 9.79 Å². The van der Waals surface area contributed by atoms with Gasteiger partial charge in [0.05, 0.1) is 17.6 Å². The molecule has 0 saturated heterocycles. The molecular formula is C16H16O4S2. The second kappa shape index (κ2) is 6.54. The lowest BCUT2D eigenvalue weighted by atomic mass is 10.0. The van der Waals surface area contributed by atoms with Crippen LogP contribution in [0.15, 0.2) is 46.2 Å². The predicted molar refractivity (Wildman–Crippen MR) is 88.7 cm³/mol. The van der Waals surface area contributed by atoms with Crippen molar-refractivity contribution in [2.75, 3.05) is 19.6 Å². The number of aldehydes is 1. The highest BCUT2D eigenvalue weighted by molar-refractivity contribution is 7.98. The quantitative estimate of drug-likeness (QED) is 0.619. The number of hydrogen-bond donors (Lipinski definition) is 0. The molecule has 0 spiro atoms. The number of hydrogen-bond acceptors (Lipinski definition) is 5. The number of thioether (sulfide) groups is 1. The average Bonchev–Trinajstić information content (AvgIpc) is 2.52. The highest BCUT2D eigenvalue weighted by Crippen LogP contribution is 2.38. The largest absolute Gasteiger partial charge is 0.495 e. The van der Waals surface area contributed by atoms with Crippen molar-refractivity contribution in [1.82, 2.24) is 0 Å². The maximum atomic E-state index is 12.1. The second-order valence-electron chi connectivity index (χ2n) is 4.68. The van der Waals surface area contributed by atoms with Gasteiger partial charge in [0.2, 0.25) is 0 Å². The van der Waals surface area contributed by atoms with Gasteiger partial charge in [-0.25, -0.2) is 8.42 Å². The number of benzene rings is 2. The fourth-order valence-electron chi connectivity index (χ4n) is 2.26. The van der Waals surface area contributed by atoms with Gasteiger partial charge >= 0.3 is 0 Å². The Kier molecular flexibility index (Phi) is 4.93. The third-order valence-electron chi connectivity index (χ3n) is 3.25. The molecule has 0 aliphatic rings. The minimum atomic E-state index is -3.40. The molecule has 2 rings (SSSR count). The van der Waals surface area contributed by atoms with Gasteiger partial charge in [-0.05, 0) is 30.5 Å². The Morgan fingerprint density at radius 3 is 2.41 bits per heavy atom. The third-order valence-corrected chi connectivity index (χ3v) is 5.13. The number of carbonyl (C=O) groups excluding carboxylic acids is 1. The van der Waals surface area contributed by atoms with Gasteiger partial charge in [0, 0.05) is 22.3 Å². The number of carbonyl (C=O) groups is 1. The Hall–Kier alpha value is -1.79. The average molecular weight is 336 g/mol. The first kappa shape index (κ1) is 16.6. The summed E-state index contributed by atoms with van der Waals surface area (Å²) in [5.74, 6) is 0.376. The van der Waals surface area contributed by atoms with E-state index in [-0.39, 0.29) is 4.90 Å². The molecule has 0 amide bonds. The van der Waals surface area contributed by atoms with Crippen molar-refractivity contribution in [1.29, 1.82) is 0 Å². The summed E-state index contributed by atoms with van der Waals surface area (Å²) in [6, 6.07) is 10.2. The molecule has 4 nitrogen and oxygen atoms in total. The molecule has 0 aliphatic carbocycles. The van der Waals surface area contributed by atoms with Crippen molar-refractivity contribution in [3.63, 3.8) is 0 Å². The monoisotopic (exact) mass is 336 g/mol. The van der Waals surface area contributed by atoms with Gasteiger partial charge in [-0.1, -0.05) is 12.1 Å². The number of rotatable bonds is 5. The predicted octanol–water partition coefficient (Wildman–Crippen LogP) is 3.30. The maximum absolute atomic E-state index is 12.1. The summed E-state index contributed by atoms with van der Waals surface area (Å²) in [6.07, 6.45) is 3.78. The highest BCUT2D eigenvalue weighted by atomic mass is 32.2. The second-order valence-corrected chi connectivity index (χ2v) is 7.54. The molecule has 0 heterocycles. The van der Waals surface area contributed by atoms with E-state index in [4.69, 9.17) is 4.74 Å². The van der Waals surface area contributed by atoms with Crippen molar-refractivity contribution < 1.29 is 17.9 Å². The Labute approximate surface area is 134 Å². The fraction of sp³-hybridized carbons (Fsp3) is 0.188. The van der Waals surface area contributed by atoms with E-state index < -0.39 is 9.84 Å². The summed E-state index contributed by atoms with van der Waals surface area (Å²) >= 11 is 1.52. The zero-order chi connectivity index (χ0) is 16.3. The van der Waals surface area contributed by atoms with E-state index in [1.165, 1.54) is 25.1 Å². The molecule has 0 radical (unpaired) electrons. The summed E-state index contributed by atoms with van der Waals surface area (Å²) in [5.41, 5.74) is 1.51. The first-order chi connectivity index (χ1) is 10.4. The molecule has 0 aliphatic heterocycles. The van der Waals surface area contributed by atoms with Gasteiger partial charge in [0.15, 0.2) is 16.1 Å². The fourth-order valence-corrected chi connectivity index (χ4v) is 3.58. The van der Waals surface area contributed by atoms with E-state index in [1.54, 1.807) is 36.4 Å². The van der Waals surface area contributed by atoms with Crippen molar-refractivity contribution in [2.24, 2.45) is 0 Å². The standard InChI is InChI=1S/C16H16O4S2/c1-20-16-11(10-17)5-4-6-13(16)14-9-12(21-2)7-8-15(14)22(3,18)19/h4-10H,1-3H3. The molecule has 0 atom stereocenters. The van der Waals surface area contributed by atoms with Crippen LogP contribution in [0.1, 0.15) is 10.4 Å². The van der Waals surface area contributed by atoms with Crippen LogP contribution in [0.2, 0.25) is 0 Å². The molecule has 22 heavy (non-hydrogen) atoms.